The van der Waals surface area contributed by atoms with Gasteiger partial charge in [-0.2, -0.15) is 0 Å². The van der Waals surface area contributed by atoms with Crippen molar-refractivity contribution in [1.29, 1.82) is 0 Å². The van der Waals surface area contributed by atoms with Gasteiger partial charge in [0, 0.05) is 6.04 Å². The Morgan fingerprint density at radius 2 is 1.80 bits per heavy atom. The maximum Gasteiger partial charge on any atom is 0.00441 e. The summed E-state index contributed by atoms with van der Waals surface area (Å²) in [5.41, 5.74) is 6.19. The van der Waals surface area contributed by atoms with Gasteiger partial charge in [-0.3, -0.25) is 0 Å². The van der Waals surface area contributed by atoms with Crippen molar-refractivity contribution in [3.63, 3.8) is 0 Å². The standard InChI is InChI=1S/C9H19N/c1-9(2,3)6-7-4-8(10)5-7/h7-8H,4-6,10H2,1-3H3/t7-,8-. The van der Waals surface area contributed by atoms with Gasteiger partial charge in [-0.05, 0) is 30.6 Å². The van der Waals surface area contributed by atoms with E-state index in [4.69, 9.17) is 5.73 Å². The number of hydrogen-bond acceptors (Lipinski definition) is 1. The molecule has 0 aromatic rings. The van der Waals surface area contributed by atoms with Gasteiger partial charge in [-0.25, -0.2) is 0 Å². The first-order chi connectivity index (χ1) is 4.47. The maximum atomic E-state index is 5.69. The highest BCUT2D eigenvalue weighted by Gasteiger charge is 2.29. The molecule has 1 saturated carbocycles. The highest BCUT2D eigenvalue weighted by atomic mass is 14.7. The molecule has 0 heterocycles. The monoisotopic (exact) mass is 141 g/mol. The average Bonchev–Trinajstić information content (AvgIpc) is 1.57. The lowest BCUT2D eigenvalue weighted by Crippen LogP contribution is -2.37. The second-order valence-electron chi connectivity index (χ2n) is 4.86. The van der Waals surface area contributed by atoms with E-state index in [-0.39, 0.29) is 0 Å². The van der Waals surface area contributed by atoms with E-state index in [1.165, 1.54) is 19.3 Å². The second kappa shape index (κ2) is 2.54. The Morgan fingerprint density at radius 1 is 1.30 bits per heavy atom. The maximum absolute atomic E-state index is 5.69. The van der Waals surface area contributed by atoms with Gasteiger partial charge in [0.05, 0.1) is 0 Å². The molecule has 1 aliphatic carbocycles. The minimum atomic E-state index is 0.505. The Morgan fingerprint density at radius 3 is 2.10 bits per heavy atom. The van der Waals surface area contributed by atoms with Crippen molar-refractivity contribution in [2.75, 3.05) is 0 Å². The molecular weight excluding hydrogens is 122 g/mol. The van der Waals surface area contributed by atoms with Crippen LogP contribution in [0.1, 0.15) is 40.0 Å². The van der Waals surface area contributed by atoms with E-state index in [0.29, 0.717) is 11.5 Å². The Bertz CT molecular complexity index is 106. The predicted molar refractivity (Wildman–Crippen MR) is 44.8 cm³/mol. The van der Waals surface area contributed by atoms with Gasteiger partial charge in [-0.1, -0.05) is 20.8 Å². The molecule has 0 bridgehead atoms. The Balaban J connectivity index is 2.16. The molecule has 1 heteroatoms. The molecule has 0 unspecified atom stereocenters. The van der Waals surface area contributed by atoms with Crippen LogP contribution < -0.4 is 5.73 Å². The highest BCUT2D eigenvalue weighted by molar-refractivity contribution is 4.84. The molecule has 60 valence electrons. The normalized spacial score (nSPS) is 33.6. The van der Waals surface area contributed by atoms with E-state index in [0.717, 1.165) is 5.92 Å². The summed E-state index contributed by atoms with van der Waals surface area (Å²) >= 11 is 0. The van der Waals surface area contributed by atoms with Crippen molar-refractivity contribution >= 4 is 0 Å². The third-order valence-corrected chi connectivity index (χ3v) is 2.17. The minimum Gasteiger partial charge on any atom is -0.328 e. The van der Waals surface area contributed by atoms with Crippen molar-refractivity contribution in [2.24, 2.45) is 17.1 Å². The van der Waals surface area contributed by atoms with Crippen molar-refractivity contribution in [2.45, 2.75) is 46.1 Å². The van der Waals surface area contributed by atoms with Crippen molar-refractivity contribution < 1.29 is 0 Å². The smallest absolute Gasteiger partial charge is 0.00441 e. The van der Waals surface area contributed by atoms with Crippen LogP contribution >= 0.6 is 0 Å². The highest BCUT2D eigenvalue weighted by Crippen LogP contribution is 2.36. The van der Waals surface area contributed by atoms with Gasteiger partial charge >= 0.3 is 0 Å². The van der Waals surface area contributed by atoms with E-state index in [1.807, 2.05) is 0 Å². The van der Waals surface area contributed by atoms with Crippen LogP contribution in [0.15, 0.2) is 0 Å². The van der Waals surface area contributed by atoms with Crippen LogP contribution in [0.4, 0.5) is 0 Å². The van der Waals surface area contributed by atoms with Gasteiger partial charge in [-0.15, -0.1) is 0 Å². The molecule has 0 aliphatic heterocycles. The van der Waals surface area contributed by atoms with Crippen LogP contribution in [-0.2, 0) is 0 Å². The molecule has 0 spiro atoms. The lowest BCUT2D eigenvalue weighted by atomic mass is 9.72. The first-order valence-electron chi connectivity index (χ1n) is 4.23. The third-order valence-electron chi connectivity index (χ3n) is 2.17. The first-order valence-corrected chi connectivity index (χ1v) is 4.23. The first kappa shape index (κ1) is 8.06. The van der Waals surface area contributed by atoms with E-state index < -0.39 is 0 Å². The molecule has 1 aliphatic rings. The van der Waals surface area contributed by atoms with Crippen molar-refractivity contribution in [3.05, 3.63) is 0 Å². The summed E-state index contributed by atoms with van der Waals surface area (Å²) in [4.78, 5) is 0. The fraction of sp³-hybridized carbons (Fsp3) is 1.00. The number of nitrogens with two attached hydrogens (primary N) is 1. The zero-order chi connectivity index (χ0) is 7.78. The fourth-order valence-electron chi connectivity index (χ4n) is 1.82. The van der Waals surface area contributed by atoms with Crippen molar-refractivity contribution in [3.8, 4) is 0 Å². The molecule has 0 atom stereocenters. The summed E-state index contributed by atoms with van der Waals surface area (Å²) in [5, 5.41) is 0. The molecular formula is C9H19N. The van der Waals surface area contributed by atoms with Gasteiger partial charge in [0.25, 0.3) is 0 Å². The summed E-state index contributed by atoms with van der Waals surface area (Å²) in [6.07, 6.45) is 3.87. The van der Waals surface area contributed by atoms with Crippen LogP contribution in [-0.4, -0.2) is 6.04 Å². The van der Waals surface area contributed by atoms with Crippen LogP contribution in [0, 0.1) is 11.3 Å². The predicted octanol–water partition coefficient (Wildman–Crippen LogP) is 2.16. The summed E-state index contributed by atoms with van der Waals surface area (Å²) < 4.78 is 0. The zero-order valence-corrected chi connectivity index (χ0v) is 7.35. The van der Waals surface area contributed by atoms with Crippen LogP contribution in [0.3, 0.4) is 0 Å². The molecule has 1 fully saturated rings. The Hall–Kier alpha value is -0.0400. The molecule has 0 aromatic carbocycles. The SMILES string of the molecule is CC(C)(C)C[C@H]1C[C@H](N)C1. The molecule has 0 amide bonds. The zero-order valence-electron chi connectivity index (χ0n) is 7.35. The quantitative estimate of drug-likeness (QED) is 0.595. The molecule has 1 rings (SSSR count). The molecule has 0 aromatic heterocycles. The largest absolute Gasteiger partial charge is 0.328 e. The summed E-state index contributed by atoms with van der Waals surface area (Å²) in [5.74, 6) is 0.926. The molecule has 0 radical (unpaired) electrons. The van der Waals surface area contributed by atoms with Crippen LogP contribution in [0.5, 0.6) is 0 Å². The van der Waals surface area contributed by atoms with Gasteiger partial charge < -0.3 is 5.73 Å². The van der Waals surface area contributed by atoms with E-state index >= 15 is 0 Å². The third kappa shape index (κ3) is 2.30. The van der Waals surface area contributed by atoms with Crippen molar-refractivity contribution in [1.82, 2.24) is 0 Å². The Labute approximate surface area is 64.0 Å². The second-order valence-corrected chi connectivity index (χ2v) is 4.86. The topological polar surface area (TPSA) is 26.0 Å². The van der Waals surface area contributed by atoms with E-state index in [2.05, 4.69) is 20.8 Å². The minimum absolute atomic E-state index is 0.505. The van der Waals surface area contributed by atoms with Crippen LogP contribution in [0.2, 0.25) is 0 Å². The molecule has 0 saturated heterocycles. The average molecular weight is 141 g/mol. The number of hydrogen-bond donors (Lipinski definition) is 1. The summed E-state index contributed by atoms with van der Waals surface area (Å²) in [6, 6.07) is 0.521. The molecule has 2 N–H and O–H groups in total. The van der Waals surface area contributed by atoms with Gasteiger partial charge in [0.1, 0.15) is 0 Å². The van der Waals surface area contributed by atoms with E-state index in [9.17, 15) is 0 Å². The van der Waals surface area contributed by atoms with Gasteiger partial charge in [0.15, 0.2) is 0 Å². The fourth-order valence-corrected chi connectivity index (χ4v) is 1.82. The Kier molecular flexibility index (Phi) is 2.04. The summed E-state index contributed by atoms with van der Waals surface area (Å²) in [6.45, 7) is 6.91. The summed E-state index contributed by atoms with van der Waals surface area (Å²) in [7, 11) is 0. The lowest BCUT2D eigenvalue weighted by molar-refractivity contribution is 0.182. The van der Waals surface area contributed by atoms with E-state index in [1.54, 1.807) is 0 Å². The number of rotatable bonds is 1. The lowest BCUT2D eigenvalue weighted by Gasteiger charge is -2.36. The molecule has 1 nitrogen and oxygen atoms in total. The molecule has 10 heavy (non-hydrogen) atoms. The van der Waals surface area contributed by atoms with Gasteiger partial charge in [0.2, 0.25) is 0 Å². The van der Waals surface area contributed by atoms with Crippen LogP contribution in [0.25, 0.3) is 0 Å².